The quantitative estimate of drug-likeness (QED) is 0.336. The van der Waals surface area contributed by atoms with Crippen molar-refractivity contribution in [2.45, 2.75) is 130 Å². The highest BCUT2D eigenvalue weighted by molar-refractivity contribution is 5.94. The van der Waals surface area contributed by atoms with Crippen molar-refractivity contribution in [2.24, 2.45) is 11.7 Å². The first-order valence-electron chi connectivity index (χ1n) is 14.6. The Hall–Kier alpha value is -3.10. The largest absolute Gasteiger partial charge is 0.444 e. The van der Waals surface area contributed by atoms with E-state index in [4.69, 9.17) is 10.5 Å². The summed E-state index contributed by atoms with van der Waals surface area (Å²) < 4.78 is 5.37. The minimum atomic E-state index is -1.29. The molecule has 0 heterocycles. The Kier molecular flexibility index (Phi) is 12.5. The Bertz CT molecular complexity index is 996. The van der Waals surface area contributed by atoms with Crippen LogP contribution in [0, 0.1) is 12.8 Å². The van der Waals surface area contributed by atoms with Gasteiger partial charge in [0.15, 0.2) is 0 Å². The fourth-order valence-electron chi connectivity index (χ4n) is 5.06. The molecule has 9 heteroatoms. The summed E-state index contributed by atoms with van der Waals surface area (Å²) in [5.74, 6) is -1.18. The number of hydrogen-bond donors (Lipinski definition) is 3. The average Bonchev–Trinajstić information content (AvgIpc) is 2.85. The van der Waals surface area contributed by atoms with Crippen molar-refractivity contribution in [2.75, 3.05) is 0 Å². The number of ether oxygens (including phenoxy) is 1. The summed E-state index contributed by atoms with van der Waals surface area (Å²) >= 11 is 0. The molecule has 3 unspecified atom stereocenters. The van der Waals surface area contributed by atoms with Gasteiger partial charge in [-0.1, -0.05) is 62.9 Å². The first kappa shape index (κ1) is 33.1. The summed E-state index contributed by atoms with van der Waals surface area (Å²) in [5, 5.41) is 5.76. The second-order valence-electron chi connectivity index (χ2n) is 12.6. The van der Waals surface area contributed by atoms with Crippen LogP contribution < -0.4 is 16.4 Å². The van der Waals surface area contributed by atoms with Crippen LogP contribution in [-0.4, -0.2) is 52.4 Å². The molecule has 1 aromatic rings. The molecule has 1 fully saturated rings. The number of carbonyl (C=O) groups is 4. The fourth-order valence-corrected chi connectivity index (χ4v) is 5.06. The van der Waals surface area contributed by atoms with Gasteiger partial charge < -0.3 is 26.0 Å². The lowest BCUT2D eigenvalue weighted by Crippen LogP contribution is -2.57. The van der Waals surface area contributed by atoms with E-state index in [2.05, 4.69) is 24.5 Å². The molecule has 1 aliphatic carbocycles. The molecule has 0 radical (unpaired) electrons. The van der Waals surface area contributed by atoms with Crippen molar-refractivity contribution in [1.29, 1.82) is 0 Å². The highest BCUT2D eigenvalue weighted by atomic mass is 16.6. The number of rotatable bonds is 12. The van der Waals surface area contributed by atoms with Gasteiger partial charge in [-0.25, -0.2) is 4.79 Å². The molecular formula is C31H50N4O5. The minimum Gasteiger partial charge on any atom is -0.444 e. The summed E-state index contributed by atoms with van der Waals surface area (Å²) in [6.45, 7) is 13.2. The maximum Gasteiger partial charge on any atom is 0.408 e. The van der Waals surface area contributed by atoms with Gasteiger partial charge in [-0.3, -0.25) is 14.4 Å². The van der Waals surface area contributed by atoms with Crippen molar-refractivity contribution < 1.29 is 23.9 Å². The number of primary amides is 1. The van der Waals surface area contributed by atoms with Gasteiger partial charge in [0, 0.05) is 12.1 Å². The van der Waals surface area contributed by atoms with Gasteiger partial charge in [0.1, 0.15) is 17.7 Å². The fraction of sp³-hybridized carbons (Fsp3) is 0.677. The summed E-state index contributed by atoms with van der Waals surface area (Å²) in [6, 6.07) is 4.99. The zero-order valence-corrected chi connectivity index (χ0v) is 25.4. The van der Waals surface area contributed by atoms with Gasteiger partial charge in [0.2, 0.25) is 17.7 Å². The summed E-state index contributed by atoms with van der Waals surface area (Å²) in [4.78, 5) is 54.6. The zero-order chi connectivity index (χ0) is 30.0. The molecule has 1 aromatic carbocycles. The lowest BCUT2D eigenvalue weighted by Gasteiger charge is -2.39. The molecule has 9 nitrogen and oxygen atoms in total. The van der Waals surface area contributed by atoms with Gasteiger partial charge >= 0.3 is 6.09 Å². The highest BCUT2D eigenvalue weighted by Gasteiger charge is 2.40. The maximum atomic E-state index is 14.3. The normalized spacial score (nSPS) is 16.5. The van der Waals surface area contributed by atoms with Gasteiger partial charge in [0.05, 0.1) is 6.42 Å². The molecule has 40 heavy (non-hydrogen) atoms. The SMILES string of the molecule is Cc1ccc(C(C(=O)NC2CCCCC2)N(C(=O)C(CC(N)=O)NC(=O)OC(C)(C)C)C(C)CCC(C)C)cc1. The molecule has 4 N–H and O–H groups in total. The van der Waals surface area contributed by atoms with Crippen LogP contribution in [0.2, 0.25) is 0 Å². The molecule has 0 saturated heterocycles. The molecule has 0 aliphatic heterocycles. The molecule has 0 bridgehead atoms. The van der Waals surface area contributed by atoms with Crippen molar-refractivity contribution in [3.8, 4) is 0 Å². The number of nitrogens with two attached hydrogens (primary N) is 1. The number of aryl methyl sites for hydroxylation is 1. The van der Waals surface area contributed by atoms with Crippen LogP contribution in [0.5, 0.6) is 0 Å². The second kappa shape index (κ2) is 15.1. The minimum absolute atomic E-state index is 0.0402. The topological polar surface area (TPSA) is 131 Å². The standard InChI is InChI=1S/C31H50N4O5/c1-20(2)13-16-22(4)35(29(38)25(19-26(32)36)34-30(39)40-31(5,6)7)27(23-17-14-21(3)15-18-23)28(37)33-24-11-9-8-10-12-24/h14-15,17-18,20,22,24-25,27H,8-13,16,19H2,1-7H3,(H2,32,36)(H,33,37)(H,34,39). The van der Waals surface area contributed by atoms with Crippen LogP contribution in [0.4, 0.5) is 4.79 Å². The van der Waals surface area contributed by atoms with E-state index in [-0.39, 0.29) is 18.0 Å². The second-order valence-corrected chi connectivity index (χ2v) is 12.6. The van der Waals surface area contributed by atoms with Crippen molar-refractivity contribution in [3.05, 3.63) is 35.4 Å². The first-order valence-corrected chi connectivity index (χ1v) is 14.6. The highest BCUT2D eigenvalue weighted by Crippen LogP contribution is 2.29. The Balaban J connectivity index is 2.55. The molecule has 0 spiro atoms. The van der Waals surface area contributed by atoms with Crippen LogP contribution in [0.15, 0.2) is 24.3 Å². The third-order valence-corrected chi connectivity index (χ3v) is 7.16. The van der Waals surface area contributed by atoms with E-state index in [1.807, 2.05) is 38.1 Å². The Labute approximate surface area is 240 Å². The van der Waals surface area contributed by atoms with Gasteiger partial charge in [-0.2, -0.15) is 0 Å². The van der Waals surface area contributed by atoms with E-state index in [1.165, 1.54) is 4.90 Å². The molecule has 4 amide bonds. The average molecular weight is 559 g/mol. The van der Waals surface area contributed by atoms with E-state index >= 15 is 0 Å². The molecule has 3 atom stereocenters. The van der Waals surface area contributed by atoms with Gasteiger partial charge in [-0.05, 0) is 71.8 Å². The van der Waals surface area contributed by atoms with Crippen molar-refractivity contribution in [1.82, 2.24) is 15.5 Å². The number of carbonyl (C=O) groups excluding carboxylic acids is 4. The Morgan fingerprint density at radius 3 is 2.12 bits per heavy atom. The van der Waals surface area contributed by atoms with Crippen LogP contribution in [0.25, 0.3) is 0 Å². The van der Waals surface area contributed by atoms with E-state index in [0.717, 1.165) is 44.1 Å². The predicted octanol–water partition coefficient (Wildman–Crippen LogP) is 4.91. The predicted molar refractivity (Wildman–Crippen MR) is 156 cm³/mol. The summed E-state index contributed by atoms with van der Waals surface area (Å²) in [6.07, 6.45) is 5.25. The molecule has 1 aliphatic rings. The lowest BCUT2D eigenvalue weighted by molar-refractivity contribution is -0.146. The van der Waals surface area contributed by atoms with Gasteiger partial charge in [-0.15, -0.1) is 0 Å². The first-order chi connectivity index (χ1) is 18.7. The number of nitrogens with zero attached hydrogens (tertiary/aromatic N) is 1. The van der Waals surface area contributed by atoms with Crippen LogP contribution in [0.1, 0.15) is 110 Å². The number of amides is 4. The number of alkyl carbamates (subject to hydrolysis) is 1. The van der Waals surface area contributed by atoms with Crippen LogP contribution in [-0.2, 0) is 19.1 Å². The number of nitrogens with one attached hydrogen (secondary N) is 2. The molecular weight excluding hydrogens is 508 g/mol. The van der Waals surface area contributed by atoms with Gasteiger partial charge in [0.25, 0.3) is 0 Å². The summed E-state index contributed by atoms with van der Waals surface area (Å²) in [7, 11) is 0. The summed E-state index contributed by atoms with van der Waals surface area (Å²) in [5.41, 5.74) is 6.40. The van der Waals surface area contributed by atoms with Crippen molar-refractivity contribution in [3.63, 3.8) is 0 Å². The molecule has 2 rings (SSSR count). The molecule has 224 valence electrons. The number of hydrogen-bond acceptors (Lipinski definition) is 5. The van der Waals surface area contributed by atoms with E-state index in [1.54, 1.807) is 20.8 Å². The Morgan fingerprint density at radius 2 is 1.60 bits per heavy atom. The monoisotopic (exact) mass is 558 g/mol. The maximum absolute atomic E-state index is 14.3. The van der Waals surface area contributed by atoms with Crippen LogP contribution in [0.3, 0.4) is 0 Å². The molecule has 0 aromatic heterocycles. The smallest absolute Gasteiger partial charge is 0.408 e. The van der Waals surface area contributed by atoms with Crippen LogP contribution >= 0.6 is 0 Å². The van der Waals surface area contributed by atoms with E-state index < -0.39 is 42.0 Å². The van der Waals surface area contributed by atoms with E-state index in [0.29, 0.717) is 17.9 Å². The Morgan fingerprint density at radius 1 is 1.00 bits per heavy atom. The third kappa shape index (κ3) is 10.8. The lowest BCUT2D eigenvalue weighted by atomic mass is 9.93. The third-order valence-electron chi connectivity index (χ3n) is 7.16. The number of benzene rings is 1. The van der Waals surface area contributed by atoms with E-state index in [9.17, 15) is 19.2 Å². The molecule has 1 saturated carbocycles. The zero-order valence-electron chi connectivity index (χ0n) is 25.4. The van der Waals surface area contributed by atoms with Crippen molar-refractivity contribution >= 4 is 23.8 Å².